The van der Waals surface area contributed by atoms with Gasteiger partial charge in [0.15, 0.2) is 6.61 Å². The van der Waals surface area contributed by atoms with Crippen LogP contribution >= 0.6 is 0 Å². The first-order valence-corrected chi connectivity index (χ1v) is 13.0. The Morgan fingerprint density at radius 3 is 2.11 bits per heavy atom. The fourth-order valence-electron chi connectivity index (χ4n) is 4.74. The SMILES string of the molecule is Cc1ccc(OCC(=O)N(Cc2ccccc2)[C@@H](Cc2ccccc2)C(=O)NC2CCCCC2)cc1. The van der Waals surface area contributed by atoms with Crippen LogP contribution in [0.1, 0.15) is 48.8 Å². The standard InChI is InChI=1S/C31H36N2O3/c1-24-17-19-28(20-18-24)36-23-30(34)33(22-26-13-7-3-8-14-26)29(21-25-11-5-2-6-12-25)31(35)32-27-15-9-4-10-16-27/h2-3,5-8,11-14,17-20,27,29H,4,9-10,15-16,21-23H2,1H3,(H,32,35)/t29-/m0/s1. The van der Waals surface area contributed by atoms with E-state index >= 15 is 0 Å². The maximum absolute atomic E-state index is 13.7. The van der Waals surface area contributed by atoms with Crippen molar-refractivity contribution in [1.29, 1.82) is 0 Å². The molecular weight excluding hydrogens is 448 g/mol. The molecule has 5 nitrogen and oxygen atoms in total. The van der Waals surface area contributed by atoms with Crippen molar-refractivity contribution in [3.63, 3.8) is 0 Å². The van der Waals surface area contributed by atoms with E-state index in [1.165, 1.54) is 6.42 Å². The molecule has 0 bridgehead atoms. The van der Waals surface area contributed by atoms with Crippen molar-refractivity contribution in [3.8, 4) is 5.75 Å². The van der Waals surface area contributed by atoms with Crippen molar-refractivity contribution < 1.29 is 14.3 Å². The molecule has 1 aliphatic carbocycles. The van der Waals surface area contributed by atoms with E-state index in [4.69, 9.17) is 4.74 Å². The minimum atomic E-state index is -0.636. The van der Waals surface area contributed by atoms with Crippen molar-refractivity contribution in [2.45, 2.75) is 64.1 Å². The molecule has 3 aromatic carbocycles. The monoisotopic (exact) mass is 484 g/mol. The average molecular weight is 485 g/mol. The lowest BCUT2D eigenvalue weighted by Gasteiger charge is -2.33. The molecule has 1 saturated carbocycles. The second kappa shape index (κ2) is 12.9. The molecule has 2 amide bonds. The van der Waals surface area contributed by atoms with Crippen molar-refractivity contribution in [2.75, 3.05) is 6.61 Å². The average Bonchev–Trinajstić information content (AvgIpc) is 2.92. The maximum atomic E-state index is 13.7. The Hall–Kier alpha value is -3.60. The largest absolute Gasteiger partial charge is 0.484 e. The molecule has 0 radical (unpaired) electrons. The van der Waals surface area contributed by atoms with Gasteiger partial charge in [0.25, 0.3) is 5.91 Å². The summed E-state index contributed by atoms with van der Waals surface area (Å²) in [6.07, 6.45) is 5.91. The van der Waals surface area contributed by atoms with Gasteiger partial charge in [-0.15, -0.1) is 0 Å². The summed E-state index contributed by atoms with van der Waals surface area (Å²) in [6, 6.07) is 26.9. The number of rotatable bonds is 10. The summed E-state index contributed by atoms with van der Waals surface area (Å²) in [7, 11) is 0. The Balaban J connectivity index is 1.58. The molecule has 36 heavy (non-hydrogen) atoms. The molecule has 5 heteroatoms. The van der Waals surface area contributed by atoms with E-state index in [0.29, 0.717) is 18.7 Å². The van der Waals surface area contributed by atoms with Crippen LogP contribution in [0.15, 0.2) is 84.9 Å². The number of benzene rings is 3. The van der Waals surface area contributed by atoms with Crippen LogP contribution in [0.3, 0.4) is 0 Å². The van der Waals surface area contributed by atoms with E-state index in [2.05, 4.69) is 5.32 Å². The lowest BCUT2D eigenvalue weighted by molar-refractivity contribution is -0.143. The number of carbonyl (C=O) groups excluding carboxylic acids is 2. The summed E-state index contributed by atoms with van der Waals surface area (Å²) in [4.78, 5) is 29.0. The van der Waals surface area contributed by atoms with Crippen LogP contribution in [0, 0.1) is 6.92 Å². The maximum Gasteiger partial charge on any atom is 0.261 e. The van der Waals surface area contributed by atoms with Crippen LogP contribution in [0.5, 0.6) is 5.75 Å². The first-order chi connectivity index (χ1) is 17.6. The molecule has 3 aromatic rings. The molecule has 0 aromatic heterocycles. The summed E-state index contributed by atoms with van der Waals surface area (Å²) in [5.41, 5.74) is 3.12. The lowest BCUT2D eigenvalue weighted by Crippen LogP contribution is -2.53. The van der Waals surface area contributed by atoms with Gasteiger partial charge < -0.3 is 15.0 Å². The Bertz CT molecular complexity index is 1090. The van der Waals surface area contributed by atoms with Crippen molar-refractivity contribution >= 4 is 11.8 Å². The highest BCUT2D eigenvalue weighted by Crippen LogP contribution is 2.20. The minimum absolute atomic E-state index is 0.0922. The number of hydrogen-bond acceptors (Lipinski definition) is 3. The van der Waals surface area contributed by atoms with E-state index in [9.17, 15) is 9.59 Å². The fraction of sp³-hybridized carbons (Fsp3) is 0.355. The van der Waals surface area contributed by atoms with Gasteiger partial charge in [0, 0.05) is 19.0 Å². The summed E-state index contributed by atoms with van der Waals surface area (Å²) in [5, 5.41) is 3.27. The summed E-state index contributed by atoms with van der Waals surface area (Å²) in [5.74, 6) is 0.337. The van der Waals surface area contributed by atoms with Gasteiger partial charge in [0.2, 0.25) is 5.91 Å². The summed E-state index contributed by atoms with van der Waals surface area (Å²) < 4.78 is 5.85. The molecule has 188 valence electrons. The van der Waals surface area contributed by atoms with Gasteiger partial charge in [-0.1, -0.05) is 97.6 Å². The van der Waals surface area contributed by atoms with E-state index in [1.807, 2.05) is 91.9 Å². The molecule has 4 rings (SSSR count). The molecule has 0 saturated heterocycles. The molecule has 0 spiro atoms. The molecule has 1 N–H and O–H groups in total. The van der Waals surface area contributed by atoms with Crippen LogP contribution in [0.25, 0.3) is 0 Å². The third-order valence-corrected chi connectivity index (χ3v) is 6.80. The zero-order valence-corrected chi connectivity index (χ0v) is 21.1. The van der Waals surface area contributed by atoms with E-state index < -0.39 is 6.04 Å². The molecular formula is C31H36N2O3. The number of hydrogen-bond donors (Lipinski definition) is 1. The summed E-state index contributed by atoms with van der Waals surface area (Å²) in [6.45, 7) is 2.22. The van der Waals surface area contributed by atoms with Gasteiger partial charge in [0.05, 0.1) is 0 Å². The van der Waals surface area contributed by atoms with Gasteiger partial charge in [0.1, 0.15) is 11.8 Å². The minimum Gasteiger partial charge on any atom is -0.484 e. The van der Waals surface area contributed by atoms with Crippen molar-refractivity contribution in [1.82, 2.24) is 10.2 Å². The third-order valence-electron chi connectivity index (χ3n) is 6.80. The third kappa shape index (κ3) is 7.45. The fourth-order valence-corrected chi connectivity index (χ4v) is 4.74. The van der Waals surface area contributed by atoms with Crippen LogP contribution in [-0.4, -0.2) is 35.4 Å². The van der Waals surface area contributed by atoms with Crippen molar-refractivity contribution in [3.05, 3.63) is 102 Å². The van der Waals surface area contributed by atoms with E-state index in [-0.39, 0.29) is 24.5 Å². The van der Waals surface area contributed by atoms with Crippen LogP contribution in [-0.2, 0) is 22.6 Å². The second-order valence-electron chi connectivity index (χ2n) is 9.66. The number of carbonyl (C=O) groups is 2. The highest BCUT2D eigenvalue weighted by atomic mass is 16.5. The highest BCUT2D eigenvalue weighted by molar-refractivity contribution is 5.88. The molecule has 0 heterocycles. The van der Waals surface area contributed by atoms with Crippen LogP contribution in [0.2, 0.25) is 0 Å². The van der Waals surface area contributed by atoms with E-state index in [0.717, 1.165) is 42.4 Å². The highest BCUT2D eigenvalue weighted by Gasteiger charge is 2.32. The van der Waals surface area contributed by atoms with Crippen LogP contribution < -0.4 is 10.1 Å². The molecule has 1 aliphatic rings. The zero-order valence-electron chi connectivity index (χ0n) is 21.1. The van der Waals surface area contributed by atoms with E-state index in [1.54, 1.807) is 4.90 Å². The van der Waals surface area contributed by atoms with Gasteiger partial charge in [-0.05, 0) is 43.0 Å². The first kappa shape index (κ1) is 25.5. The van der Waals surface area contributed by atoms with Crippen LogP contribution in [0.4, 0.5) is 0 Å². The zero-order chi connectivity index (χ0) is 25.2. The quantitative estimate of drug-likeness (QED) is 0.416. The Morgan fingerprint density at radius 1 is 0.861 bits per heavy atom. The Kier molecular flexibility index (Phi) is 9.15. The lowest BCUT2D eigenvalue weighted by atomic mass is 9.94. The van der Waals surface area contributed by atoms with Crippen molar-refractivity contribution in [2.24, 2.45) is 0 Å². The summed E-state index contributed by atoms with van der Waals surface area (Å²) >= 11 is 0. The normalized spacial score (nSPS) is 14.6. The number of amides is 2. The van der Waals surface area contributed by atoms with Gasteiger partial charge in [-0.25, -0.2) is 0 Å². The smallest absolute Gasteiger partial charge is 0.261 e. The molecule has 0 aliphatic heterocycles. The number of nitrogens with zero attached hydrogens (tertiary/aromatic N) is 1. The molecule has 1 fully saturated rings. The first-order valence-electron chi connectivity index (χ1n) is 13.0. The van der Waals surface area contributed by atoms with Gasteiger partial charge in [-0.3, -0.25) is 9.59 Å². The molecule has 0 unspecified atom stereocenters. The second-order valence-corrected chi connectivity index (χ2v) is 9.66. The van der Waals surface area contributed by atoms with Gasteiger partial charge >= 0.3 is 0 Å². The Labute approximate surface area is 214 Å². The number of nitrogens with one attached hydrogen (secondary N) is 1. The van der Waals surface area contributed by atoms with Gasteiger partial charge in [-0.2, -0.15) is 0 Å². The Morgan fingerprint density at radius 2 is 1.47 bits per heavy atom. The number of aryl methyl sites for hydroxylation is 1. The number of ether oxygens (including phenoxy) is 1. The predicted octanol–water partition coefficient (Wildman–Crippen LogP) is 5.46. The topological polar surface area (TPSA) is 58.6 Å². The molecule has 1 atom stereocenters. The predicted molar refractivity (Wildman–Crippen MR) is 143 cm³/mol.